The van der Waals surface area contributed by atoms with Crippen LogP contribution in [0.2, 0.25) is 0 Å². The minimum absolute atomic E-state index is 0.138. The lowest BCUT2D eigenvalue weighted by atomic mass is 10.1. The lowest BCUT2D eigenvalue weighted by Crippen LogP contribution is -2.23. The maximum Gasteiger partial charge on any atom is 0.251 e. The van der Waals surface area contributed by atoms with Crippen molar-refractivity contribution in [3.05, 3.63) is 59.4 Å². The van der Waals surface area contributed by atoms with Gasteiger partial charge in [0.25, 0.3) is 5.91 Å². The number of thioether (sulfide) groups is 1. The van der Waals surface area contributed by atoms with Gasteiger partial charge in [-0.25, -0.2) is 0 Å². The highest BCUT2D eigenvalue weighted by Crippen LogP contribution is 2.35. The summed E-state index contributed by atoms with van der Waals surface area (Å²) in [6, 6.07) is 10.7. The Hall–Kier alpha value is -3.53. The Morgan fingerprint density at radius 3 is 2.76 bits per heavy atom. The number of amides is 2. The summed E-state index contributed by atoms with van der Waals surface area (Å²) in [4.78, 5) is 24.9. The van der Waals surface area contributed by atoms with Crippen LogP contribution in [-0.2, 0) is 24.8 Å². The molecule has 178 valence electrons. The van der Waals surface area contributed by atoms with Gasteiger partial charge in [-0.1, -0.05) is 11.8 Å². The van der Waals surface area contributed by atoms with Gasteiger partial charge in [0.15, 0.2) is 5.16 Å². The number of ether oxygens (including phenoxy) is 2. The predicted molar refractivity (Wildman–Crippen MR) is 129 cm³/mol. The van der Waals surface area contributed by atoms with Gasteiger partial charge in [-0.3, -0.25) is 9.59 Å². The zero-order valence-corrected chi connectivity index (χ0v) is 20.1. The molecule has 1 aliphatic heterocycles. The van der Waals surface area contributed by atoms with Crippen LogP contribution in [0.4, 0.5) is 5.69 Å². The van der Waals surface area contributed by atoms with E-state index in [1.165, 1.54) is 11.8 Å². The Kier molecular flexibility index (Phi) is 7.36. The molecule has 4 rings (SSSR count). The number of fused-ring (bicyclic) bond motifs is 1. The number of aryl methyl sites for hydroxylation is 1. The van der Waals surface area contributed by atoms with E-state index in [4.69, 9.17) is 9.47 Å². The molecule has 0 aliphatic carbocycles. The molecule has 2 aromatic carbocycles. The maximum absolute atomic E-state index is 12.7. The smallest absolute Gasteiger partial charge is 0.251 e. The number of anilines is 1. The van der Waals surface area contributed by atoms with Gasteiger partial charge in [0, 0.05) is 42.4 Å². The fraction of sp³-hybridized carbons (Fsp3) is 0.333. The van der Waals surface area contributed by atoms with Crippen LogP contribution in [0.15, 0.2) is 47.9 Å². The molecule has 2 N–H and O–H groups in total. The third-order valence-electron chi connectivity index (χ3n) is 5.25. The van der Waals surface area contributed by atoms with Crippen LogP contribution >= 0.6 is 11.8 Å². The van der Waals surface area contributed by atoms with E-state index < -0.39 is 0 Å². The first kappa shape index (κ1) is 23.6. The highest BCUT2D eigenvalue weighted by Gasteiger charge is 2.22. The number of hydrogen-bond donors (Lipinski definition) is 2. The molecule has 0 fully saturated rings. The van der Waals surface area contributed by atoms with Gasteiger partial charge in [-0.2, -0.15) is 0 Å². The predicted octanol–water partition coefficient (Wildman–Crippen LogP) is 3.20. The van der Waals surface area contributed by atoms with Crippen LogP contribution in [0.3, 0.4) is 0 Å². The second-order valence-electron chi connectivity index (χ2n) is 7.95. The van der Waals surface area contributed by atoms with Crippen molar-refractivity contribution >= 4 is 29.3 Å². The molecule has 0 bridgehead atoms. The van der Waals surface area contributed by atoms with E-state index in [0.29, 0.717) is 29.6 Å². The molecule has 9 nitrogen and oxygen atoms in total. The van der Waals surface area contributed by atoms with Crippen LogP contribution in [0.1, 0.15) is 35.3 Å². The standard InChI is InChI=1S/C24H27N5O4S/c1-4-32-20-10-17-9-15(2)33-21(17)11-18(20)12-25-23(31)16-5-7-19(8-6-16)27-22(30)13-34-24-28-26-14-29(24)3/h5-8,10-11,14-15H,4,9,12-13H2,1-3H3,(H,25,31)(H,27,30)/t15-/m0/s1. The van der Waals surface area contributed by atoms with E-state index in [-0.39, 0.29) is 23.7 Å². The summed E-state index contributed by atoms with van der Waals surface area (Å²) in [6.07, 6.45) is 2.57. The second-order valence-corrected chi connectivity index (χ2v) is 8.90. The van der Waals surface area contributed by atoms with Gasteiger partial charge >= 0.3 is 0 Å². The molecule has 1 atom stereocenters. The molecule has 0 radical (unpaired) electrons. The Labute approximate surface area is 202 Å². The van der Waals surface area contributed by atoms with Gasteiger partial charge in [0.2, 0.25) is 5.91 Å². The topological polar surface area (TPSA) is 107 Å². The normalized spacial score (nSPS) is 14.3. The SMILES string of the molecule is CCOc1cc2c(cc1CNC(=O)c1ccc(NC(=O)CSc3nncn3C)cc1)O[C@@H](C)C2. The minimum Gasteiger partial charge on any atom is -0.494 e. The number of carbonyl (C=O) groups is 2. The van der Waals surface area contributed by atoms with Crippen molar-refractivity contribution < 1.29 is 19.1 Å². The van der Waals surface area contributed by atoms with Gasteiger partial charge in [0.1, 0.15) is 23.9 Å². The summed E-state index contributed by atoms with van der Waals surface area (Å²) in [6.45, 7) is 4.82. The lowest BCUT2D eigenvalue weighted by Gasteiger charge is -2.13. The molecule has 0 unspecified atom stereocenters. The Morgan fingerprint density at radius 1 is 1.26 bits per heavy atom. The molecule has 1 aliphatic rings. The molecule has 0 saturated carbocycles. The van der Waals surface area contributed by atoms with Crippen LogP contribution < -0.4 is 20.1 Å². The quantitative estimate of drug-likeness (QED) is 0.452. The summed E-state index contributed by atoms with van der Waals surface area (Å²) in [5.74, 6) is 1.43. The fourth-order valence-corrected chi connectivity index (χ4v) is 4.31. The molecule has 2 amide bonds. The zero-order chi connectivity index (χ0) is 24.1. The third kappa shape index (κ3) is 5.69. The second kappa shape index (κ2) is 10.6. The summed E-state index contributed by atoms with van der Waals surface area (Å²) < 4.78 is 13.4. The first-order valence-electron chi connectivity index (χ1n) is 11.0. The van der Waals surface area contributed by atoms with Crippen molar-refractivity contribution in [2.24, 2.45) is 7.05 Å². The summed E-state index contributed by atoms with van der Waals surface area (Å²) in [5.41, 5.74) is 3.10. The van der Waals surface area contributed by atoms with Crippen molar-refractivity contribution in [3.63, 3.8) is 0 Å². The zero-order valence-electron chi connectivity index (χ0n) is 19.3. The average Bonchev–Trinajstić information content (AvgIpc) is 3.40. The van der Waals surface area contributed by atoms with E-state index in [9.17, 15) is 9.59 Å². The Balaban J connectivity index is 1.32. The average molecular weight is 482 g/mol. The summed E-state index contributed by atoms with van der Waals surface area (Å²) >= 11 is 1.30. The van der Waals surface area contributed by atoms with Gasteiger partial charge in [0.05, 0.1) is 12.4 Å². The van der Waals surface area contributed by atoms with Gasteiger partial charge < -0.3 is 24.7 Å². The maximum atomic E-state index is 12.7. The highest BCUT2D eigenvalue weighted by molar-refractivity contribution is 7.99. The largest absolute Gasteiger partial charge is 0.494 e. The fourth-order valence-electron chi connectivity index (χ4n) is 3.62. The number of aromatic nitrogens is 3. The Bertz CT molecular complexity index is 1180. The van der Waals surface area contributed by atoms with Crippen molar-refractivity contribution in [1.82, 2.24) is 20.1 Å². The molecular weight excluding hydrogens is 454 g/mol. The van der Waals surface area contributed by atoms with E-state index in [1.807, 2.05) is 33.0 Å². The third-order valence-corrected chi connectivity index (χ3v) is 6.29. The number of hydrogen-bond acceptors (Lipinski definition) is 7. The molecule has 10 heteroatoms. The first-order valence-corrected chi connectivity index (χ1v) is 12.0. The number of benzene rings is 2. The van der Waals surface area contributed by atoms with Crippen molar-refractivity contribution in [2.45, 2.75) is 38.1 Å². The minimum atomic E-state index is -0.215. The van der Waals surface area contributed by atoms with Crippen molar-refractivity contribution in [1.29, 1.82) is 0 Å². The van der Waals surface area contributed by atoms with Crippen LogP contribution in [0.25, 0.3) is 0 Å². The Morgan fingerprint density at radius 2 is 2.06 bits per heavy atom. The van der Waals surface area contributed by atoms with E-state index in [1.54, 1.807) is 35.2 Å². The van der Waals surface area contributed by atoms with E-state index in [0.717, 1.165) is 29.0 Å². The molecular formula is C24H27N5O4S. The molecule has 0 spiro atoms. The summed E-state index contributed by atoms with van der Waals surface area (Å²) in [5, 5.41) is 14.1. The van der Waals surface area contributed by atoms with E-state index >= 15 is 0 Å². The first-order chi connectivity index (χ1) is 16.4. The number of nitrogens with zero attached hydrogens (tertiary/aromatic N) is 3. The molecule has 2 heterocycles. The van der Waals surface area contributed by atoms with Gasteiger partial charge in [-0.05, 0) is 50.2 Å². The van der Waals surface area contributed by atoms with Crippen molar-refractivity contribution in [2.75, 3.05) is 17.7 Å². The van der Waals surface area contributed by atoms with Crippen molar-refractivity contribution in [3.8, 4) is 11.5 Å². The summed E-state index contributed by atoms with van der Waals surface area (Å²) in [7, 11) is 1.82. The number of carbonyl (C=O) groups excluding carboxylic acids is 2. The highest BCUT2D eigenvalue weighted by atomic mass is 32.2. The van der Waals surface area contributed by atoms with Gasteiger partial charge in [-0.15, -0.1) is 10.2 Å². The van der Waals surface area contributed by atoms with Crippen LogP contribution in [0.5, 0.6) is 11.5 Å². The van der Waals surface area contributed by atoms with E-state index in [2.05, 4.69) is 20.8 Å². The molecule has 34 heavy (non-hydrogen) atoms. The molecule has 0 saturated heterocycles. The number of nitrogens with one attached hydrogen (secondary N) is 2. The molecule has 1 aromatic heterocycles. The number of rotatable bonds is 9. The van der Waals surface area contributed by atoms with Crippen LogP contribution in [0, 0.1) is 0 Å². The lowest BCUT2D eigenvalue weighted by molar-refractivity contribution is -0.113. The van der Waals surface area contributed by atoms with Crippen LogP contribution in [-0.4, -0.2) is 45.0 Å². The molecule has 3 aromatic rings. The monoisotopic (exact) mass is 481 g/mol.